The van der Waals surface area contributed by atoms with Crippen LogP contribution in [0.1, 0.15) is 28.4 Å². The number of aromatic nitrogens is 4. The molecule has 25 heavy (non-hydrogen) atoms. The van der Waals surface area contributed by atoms with Crippen LogP contribution in [0.25, 0.3) is 5.82 Å². The summed E-state index contributed by atoms with van der Waals surface area (Å²) >= 11 is 6.17. The zero-order chi connectivity index (χ0) is 17.6. The standard InChI is InChI=1S/C17H16ClN5O2/c18-14-8-13(9-20-16(14)23-10-21-22-11-23)17(25)19-7-6-15(24)12-4-2-1-3-5-12/h1-5,8-11,15,24H,6-7H2,(H,19,25). The summed E-state index contributed by atoms with van der Waals surface area (Å²) in [5, 5.41) is 20.5. The lowest BCUT2D eigenvalue weighted by Crippen LogP contribution is -2.26. The molecule has 0 radical (unpaired) electrons. The summed E-state index contributed by atoms with van der Waals surface area (Å²) in [5.41, 5.74) is 1.16. The molecule has 0 saturated carbocycles. The van der Waals surface area contributed by atoms with Gasteiger partial charge in [-0.1, -0.05) is 41.9 Å². The Hall–Kier alpha value is -2.77. The number of hydrogen-bond acceptors (Lipinski definition) is 5. The third-order valence-electron chi connectivity index (χ3n) is 3.63. The molecule has 3 rings (SSSR count). The number of halogens is 1. The first kappa shape index (κ1) is 17.1. The maximum absolute atomic E-state index is 12.2. The Kier molecular flexibility index (Phi) is 5.37. The Labute approximate surface area is 149 Å². The first-order valence-corrected chi connectivity index (χ1v) is 8.04. The molecule has 0 aliphatic carbocycles. The van der Waals surface area contributed by atoms with E-state index in [-0.39, 0.29) is 5.91 Å². The minimum absolute atomic E-state index is 0.301. The summed E-state index contributed by atoms with van der Waals surface area (Å²) < 4.78 is 1.56. The van der Waals surface area contributed by atoms with E-state index in [1.54, 1.807) is 4.57 Å². The summed E-state index contributed by atoms with van der Waals surface area (Å²) in [6.45, 7) is 0.333. The maximum Gasteiger partial charge on any atom is 0.252 e. The van der Waals surface area contributed by atoms with Gasteiger partial charge in [0, 0.05) is 12.7 Å². The number of nitrogens with one attached hydrogen (secondary N) is 1. The average Bonchev–Trinajstić information content (AvgIpc) is 3.16. The number of benzene rings is 1. The Bertz CT molecular complexity index is 840. The van der Waals surface area contributed by atoms with E-state index in [4.69, 9.17) is 11.6 Å². The molecule has 0 saturated heterocycles. The number of carbonyl (C=O) groups is 1. The monoisotopic (exact) mass is 357 g/mol. The van der Waals surface area contributed by atoms with Crippen LogP contribution in [0.2, 0.25) is 5.02 Å². The zero-order valence-electron chi connectivity index (χ0n) is 13.2. The fourth-order valence-electron chi connectivity index (χ4n) is 2.32. The molecular formula is C17H16ClN5O2. The summed E-state index contributed by atoms with van der Waals surface area (Å²) in [6.07, 6.45) is 4.16. The van der Waals surface area contributed by atoms with E-state index in [1.807, 2.05) is 30.3 Å². The summed E-state index contributed by atoms with van der Waals surface area (Å²) in [7, 11) is 0. The topological polar surface area (TPSA) is 92.9 Å². The average molecular weight is 358 g/mol. The Morgan fingerprint density at radius 2 is 1.96 bits per heavy atom. The number of nitrogens with zero attached hydrogens (tertiary/aromatic N) is 4. The van der Waals surface area contributed by atoms with Crippen LogP contribution in [0.15, 0.2) is 55.2 Å². The number of carbonyl (C=O) groups excluding carboxylic acids is 1. The highest BCUT2D eigenvalue weighted by Crippen LogP contribution is 2.19. The van der Waals surface area contributed by atoms with Crippen LogP contribution in [0.5, 0.6) is 0 Å². The first-order valence-electron chi connectivity index (χ1n) is 7.67. The molecule has 128 valence electrons. The van der Waals surface area contributed by atoms with Gasteiger partial charge in [-0.15, -0.1) is 10.2 Å². The van der Waals surface area contributed by atoms with Gasteiger partial charge in [0.05, 0.1) is 16.7 Å². The van der Waals surface area contributed by atoms with Gasteiger partial charge in [-0.3, -0.25) is 9.36 Å². The van der Waals surface area contributed by atoms with Crippen molar-refractivity contribution in [1.82, 2.24) is 25.1 Å². The van der Waals surface area contributed by atoms with Crippen molar-refractivity contribution in [3.8, 4) is 5.82 Å². The molecule has 0 spiro atoms. The van der Waals surface area contributed by atoms with Crippen molar-refractivity contribution in [3.05, 3.63) is 71.4 Å². The Balaban J connectivity index is 1.57. The quantitative estimate of drug-likeness (QED) is 0.705. The molecule has 1 aromatic carbocycles. The van der Waals surface area contributed by atoms with Gasteiger partial charge >= 0.3 is 0 Å². The molecule has 1 atom stereocenters. The minimum Gasteiger partial charge on any atom is -0.388 e. The highest BCUT2D eigenvalue weighted by Gasteiger charge is 2.12. The molecule has 0 fully saturated rings. The van der Waals surface area contributed by atoms with Gasteiger partial charge in [0.2, 0.25) is 0 Å². The van der Waals surface area contributed by atoms with Gasteiger partial charge in [-0.2, -0.15) is 0 Å². The summed E-state index contributed by atoms with van der Waals surface area (Å²) in [6, 6.07) is 10.8. The maximum atomic E-state index is 12.2. The number of rotatable bonds is 6. The second-order valence-corrected chi connectivity index (χ2v) is 5.78. The third-order valence-corrected chi connectivity index (χ3v) is 3.91. The fraction of sp³-hybridized carbons (Fsp3) is 0.176. The van der Waals surface area contributed by atoms with E-state index in [1.165, 1.54) is 24.9 Å². The van der Waals surface area contributed by atoms with Crippen molar-refractivity contribution in [2.75, 3.05) is 6.54 Å². The van der Waals surface area contributed by atoms with Crippen molar-refractivity contribution in [3.63, 3.8) is 0 Å². The van der Waals surface area contributed by atoms with E-state index in [0.717, 1.165) is 5.56 Å². The molecule has 1 amide bonds. The van der Waals surface area contributed by atoms with Gasteiger partial charge < -0.3 is 10.4 Å². The van der Waals surface area contributed by atoms with Gasteiger partial charge in [-0.05, 0) is 18.1 Å². The van der Waals surface area contributed by atoms with Crippen molar-refractivity contribution in [2.24, 2.45) is 0 Å². The highest BCUT2D eigenvalue weighted by molar-refractivity contribution is 6.32. The molecule has 2 N–H and O–H groups in total. The second-order valence-electron chi connectivity index (χ2n) is 5.37. The molecule has 3 aromatic rings. The van der Waals surface area contributed by atoms with Gasteiger partial charge in [0.1, 0.15) is 12.7 Å². The Morgan fingerprint density at radius 1 is 1.24 bits per heavy atom. The van der Waals surface area contributed by atoms with Crippen LogP contribution in [-0.4, -0.2) is 37.3 Å². The normalized spacial score (nSPS) is 11.9. The number of aliphatic hydroxyl groups is 1. The van der Waals surface area contributed by atoms with Crippen LogP contribution in [0.4, 0.5) is 0 Å². The number of pyridine rings is 1. The lowest BCUT2D eigenvalue weighted by atomic mass is 10.1. The van der Waals surface area contributed by atoms with Crippen LogP contribution in [0, 0.1) is 0 Å². The van der Waals surface area contributed by atoms with E-state index in [2.05, 4.69) is 20.5 Å². The fourth-order valence-corrected chi connectivity index (χ4v) is 2.59. The van der Waals surface area contributed by atoms with E-state index < -0.39 is 6.10 Å². The van der Waals surface area contributed by atoms with Crippen molar-refractivity contribution in [2.45, 2.75) is 12.5 Å². The molecule has 2 heterocycles. The van der Waals surface area contributed by atoms with Crippen molar-refractivity contribution >= 4 is 17.5 Å². The van der Waals surface area contributed by atoms with Gasteiger partial charge in [0.25, 0.3) is 5.91 Å². The van der Waals surface area contributed by atoms with Crippen LogP contribution < -0.4 is 5.32 Å². The van der Waals surface area contributed by atoms with Crippen LogP contribution in [-0.2, 0) is 0 Å². The minimum atomic E-state index is -0.626. The number of hydrogen-bond donors (Lipinski definition) is 2. The molecule has 7 nitrogen and oxygen atoms in total. The van der Waals surface area contributed by atoms with Crippen LogP contribution >= 0.6 is 11.6 Å². The van der Waals surface area contributed by atoms with Crippen molar-refractivity contribution in [1.29, 1.82) is 0 Å². The Morgan fingerprint density at radius 3 is 2.64 bits per heavy atom. The van der Waals surface area contributed by atoms with E-state index in [9.17, 15) is 9.90 Å². The predicted octanol–water partition coefficient (Wildman–Crippen LogP) is 2.17. The second kappa shape index (κ2) is 7.87. The first-order chi connectivity index (χ1) is 12.1. The highest BCUT2D eigenvalue weighted by atomic mass is 35.5. The number of aliphatic hydroxyl groups excluding tert-OH is 1. The van der Waals surface area contributed by atoms with Gasteiger partial charge in [-0.25, -0.2) is 4.98 Å². The largest absolute Gasteiger partial charge is 0.388 e. The summed E-state index contributed by atoms with van der Waals surface area (Å²) in [5.74, 6) is 0.146. The number of amides is 1. The molecule has 0 bridgehead atoms. The predicted molar refractivity (Wildman–Crippen MR) is 92.5 cm³/mol. The molecule has 8 heteroatoms. The molecule has 0 aliphatic heterocycles. The molecule has 0 aliphatic rings. The molecule has 2 aromatic heterocycles. The SMILES string of the molecule is O=C(NCCC(O)c1ccccc1)c1cnc(-n2cnnc2)c(Cl)c1. The smallest absolute Gasteiger partial charge is 0.252 e. The van der Waals surface area contributed by atoms with E-state index >= 15 is 0 Å². The molecule has 1 unspecified atom stereocenters. The summed E-state index contributed by atoms with van der Waals surface area (Å²) in [4.78, 5) is 16.4. The van der Waals surface area contributed by atoms with Crippen molar-refractivity contribution < 1.29 is 9.90 Å². The molecular weight excluding hydrogens is 342 g/mol. The van der Waals surface area contributed by atoms with E-state index in [0.29, 0.717) is 29.4 Å². The zero-order valence-corrected chi connectivity index (χ0v) is 14.0. The van der Waals surface area contributed by atoms with Crippen LogP contribution in [0.3, 0.4) is 0 Å². The van der Waals surface area contributed by atoms with Gasteiger partial charge in [0.15, 0.2) is 5.82 Å². The lowest BCUT2D eigenvalue weighted by Gasteiger charge is -2.12. The third kappa shape index (κ3) is 4.20. The lowest BCUT2D eigenvalue weighted by molar-refractivity contribution is 0.0942.